The van der Waals surface area contributed by atoms with E-state index in [2.05, 4.69) is 10.3 Å². The quantitative estimate of drug-likeness (QED) is 0.762. The summed E-state index contributed by atoms with van der Waals surface area (Å²) in [6.45, 7) is 2.90. The fraction of sp³-hybridized carbons (Fsp3) is 0.368. The highest BCUT2D eigenvalue weighted by atomic mass is 35.5. The Morgan fingerprint density at radius 3 is 2.65 bits per heavy atom. The van der Waals surface area contributed by atoms with E-state index < -0.39 is 0 Å². The fourth-order valence-corrected chi connectivity index (χ4v) is 2.53. The van der Waals surface area contributed by atoms with Crippen molar-refractivity contribution in [1.29, 1.82) is 0 Å². The van der Waals surface area contributed by atoms with E-state index in [1.807, 2.05) is 38.1 Å². The molecule has 0 saturated heterocycles. The number of nitrogens with one attached hydrogen (secondary N) is 1. The number of benzene rings is 1. The first-order valence-electron chi connectivity index (χ1n) is 8.37. The van der Waals surface area contributed by atoms with Crippen molar-refractivity contribution in [2.24, 2.45) is 0 Å². The van der Waals surface area contributed by atoms with Gasteiger partial charge in [-0.1, -0.05) is 24.6 Å². The molecule has 0 atom stereocenters. The van der Waals surface area contributed by atoms with Crippen molar-refractivity contribution in [2.45, 2.75) is 19.9 Å². The van der Waals surface area contributed by atoms with Crippen LogP contribution in [0.2, 0.25) is 5.02 Å². The molecule has 1 aromatic heterocycles. The lowest BCUT2D eigenvalue weighted by Gasteiger charge is -2.14. The van der Waals surface area contributed by atoms with Gasteiger partial charge in [-0.05, 0) is 30.2 Å². The number of carbonyl (C=O) groups is 1. The Morgan fingerprint density at radius 2 is 2.08 bits per heavy atom. The van der Waals surface area contributed by atoms with Gasteiger partial charge in [-0.2, -0.15) is 0 Å². The predicted molar refractivity (Wildman–Crippen MR) is 104 cm³/mol. The molecule has 1 amide bonds. The van der Waals surface area contributed by atoms with Crippen LogP contribution in [0.1, 0.15) is 29.3 Å². The van der Waals surface area contributed by atoms with Crippen LogP contribution in [0.5, 0.6) is 11.5 Å². The maximum Gasteiger partial charge on any atom is 0.251 e. The predicted octanol–water partition coefficient (Wildman–Crippen LogP) is 3.53. The van der Waals surface area contributed by atoms with Gasteiger partial charge in [-0.3, -0.25) is 4.79 Å². The average Bonchev–Trinajstić information content (AvgIpc) is 2.64. The minimum atomic E-state index is -0.246. The number of pyridine rings is 1. The Hall–Kier alpha value is -2.47. The van der Waals surface area contributed by atoms with Crippen molar-refractivity contribution in [2.75, 3.05) is 32.7 Å². The number of nitrogens with zero attached hydrogens (tertiary/aromatic N) is 2. The zero-order valence-corrected chi connectivity index (χ0v) is 16.3. The van der Waals surface area contributed by atoms with Crippen molar-refractivity contribution in [3.05, 3.63) is 46.6 Å². The summed E-state index contributed by atoms with van der Waals surface area (Å²) in [5, 5.41) is 3.20. The number of anilines is 1. The van der Waals surface area contributed by atoms with Gasteiger partial charge in [0.2, 0.25) is 0 Å². The lowest BCUT2D eigenvalue weighted by Crippen LogP contribution is -2.23. The van der Waals surface area contributed by atoms with Crippen LogP contribution in [0.25, 0.3) is 0 Å². The van der Waals surface area contributed by atoms with Gasteiger partial charge in [-0.25, -0.2) is 4.98 Å². The maximum atomic E-state index is 12.4. The lowest BCUT2D eigenvalue weighted by molar-refractivity contribution is 0.0950. The number of carbonyl (C=O) groups excluding carboxylic acids is 1. The Labute approximate surface area is 159 Å². The molecule has 0 fully saturated rings. The summed E-state index contributed by atoms with van der Waals surface area (Å²) in [5.74, 6) is 1.51. The summed E-state index contributed by atoms with van der Waals surface area (Å²) in [5.41, 5.74) is 1.32. The molecule has 0 spiro atoms. The Morgan fingerprint density at radius 1 is 1.31 bits per heavy atom. The number of halogens is 1. The minimum Gasteiger partial charge on any atom is -0.493 e. The first kappa shape index (κ1) is 19.8. The van der Waals surface area contributed by atoms with Crippen LogP contribution in [0, 0.1) is 0 Å². The molecule has 1 N–H and O–H groups in total. The Bertz CT molecular complexity index is 748. The zero-order chi connectivity index (χ0) is 19.1. The number of methoxy groups -OCH3 is 1. The van der Waals surface area contributed by atoms with Crippen LogP contribution in [0.3, 0.4) is 0 Å². The molecular weight excluding hydrogens is 354 g/mol. The molecule has 26 heavy (non-hydrogen) atoms. The third-order valence-corrected chi connectivity index (χ3v) is 3.94. The molecule has 0 aliphatic heterocycles. The smallest absolute Gasteiger partial charge is 0.251 e. The van der Waals surface area contributed by atoms with Crippen LogP contribution in [0.15, 0.2) is 30.5 Å². The third kappa shape index (κ3) is 5.02. The third-order valence-electron chi connectivity index (χ3n) is 3.66. The summed E-state index contributed by atoms with van der Waals surface area (Å²) in [4.78, 5) is 18.7. The second-order valence-electron chi connectivity index (χ2n) is 5.94. The summed E-state index contributed by atoms with van der Waals surface area (Å²) in [7, 11) is 5.37. The molecule has 2 aromatic rings. The highest BCUT2D eigenvalue weighted by molar-refractivity contribution is 6.32. The molecule has 0 saturated carbocycles. The highest BCUT2D eigenvalue weighted by Gasteiger charge is 2.16. The second kappa shape index (κ2) is 9.29. The average molecular weight is 378 g/mol. The zero-order valence-electron chi connectivity index (χ0n) is 15.5. The monoisotopic (exact) mass is 377 g/mol. The van der Waals surface area contributed by atoms with Gasteiger partial charge in [0.15, 0.2) is 11.5 Å². The fourth-order valence-electron chi connectivity index (χ4n) is 2.27. The first-order valence-corrected chi connectivity index (χ1v) is 8.74. The van der Waals surface area contributed by atoms with E-state index in [9.17, 15) is 4.79 Å². The van der Waals surface area contributed by atoms with Gasteiger partial charge < -0.3 is 19.7 Å². The van der Waals surface area contributed by atoms with E-state index in [4.69, 9.17) is 21.1 Å². The van der Waals surface area contributed by atoms with Gasteiger partial charge >= 0.3 is 0 Å². The summed E-state index contributed by atoms with van der Waals surface area (Å²) < 4.78 is 10.9. The van der Waals surface area contributed by atoms with Gasteiger partial charge in [0.1, 0.15) is 5.82 Å². The lowest BCUT2D eigenvalue weighted by atomic mass is 10.1. The molecule has 7 heteroatoms. The molecule has 2 rings (SSSR count). The van der Waals surface area contributed by atoms with Crippen molar-refractivity contribution in [3.63, 3.8) is 0 Å². The molecule has 0 unspecified atom stereocenters. The van der Waals surface area contributed by atoms with Gasteiger partial charge in [0.05, 0.1) is 18.7 Å². The minimum absolute atomic E-state index is 0.246. The molecule has 0 aliphatic carbocycles. The molecule has 140 valence electrons. The molecule has 0 bridgehead atoms. The Balaban J connectivity index is 2.08. The molecular formula is C19H24ClN3O3. The number of hydrogen-bond donors (Lipinski definition) is 1. The van der Waals surface area contributed by atoms with Gasteiger partial charge in [-0.15, -0.1) is 0 Å². The SMILES string of the molecule is CCCOc1c(Cl)cc(C(=O)NCc2ccc(N(C)C)nc2)cc1OC. The van der Waals surface area contributed by atoms with Gasteiger partial charge in [0, 0.05) is 32.4 Å². The van der Waals surface area contributed by atoms with Crippen LogP contribution in [-0.2, 0) is 6.54 Å². The van der Waals surface area contributed by atoms with Crippen LogP contribution in [0.4, 0.5) is 5.82 Å². The normalized spacial score (nSPS) is 10.3. The van der Waals surface area contributed by atoms with E-state index >= 15 is 0 Å². The van der Waals surface area contributed by atoms with Crippen molar-refractivity contribution in [3.8, 4) is 11.5 Å². The second-order valence-corrected chi connectivity index (χ2v) is 6.35. The van der Waals surface area contributed by atoms with Crippen LogP contribution >= 0.6 is 11.6 Å². The standard InChI is InChI=1S/C19H24ClN3O3/c1-5-8-26-18-15(20)9-14(10-16(18)25-4)19(24)22-12-13-6-7-17(21-11-13)23(2)3/h6-7,9-11H,5,8,12H2,1-4H3,(H,22,24). The van der Waals surface area contributed by atoms with E-state index in [-0.39, 0.29) is 5.91 Å². The van der Waals surface area contributed by atoms with E-state index in [1.54, 1.807) is 18.3 Å². The molecule has 1 heterocycles. The van der Waals surface area contributed by atoms with Gasteiger partial charge in [0.25, 0.3) is 5.91 Å². The number of ether oxygens (including phenoxy) is 2. The maximum absolute atomic E-state index is 12.4. The van der Waals surface area contributed by atoms with E-state index in [1.165, 1.54) is 7.11 Å². The number of amides is 1. The summed E-state index contributed by atoms with van der Waals surface area (Å²) >= 11 is 6.26. The van der Waals surface area contributed by atoms with E-state index in [0.29, 0.717) is 35.2 Å². The summed E-state index contributed by atoms with van der Waals surface area (Å²) in [6, 6.07) is 7.04. The molecule has 0 radical (unpaired) electrons. The van der Waals surface area contributed by atoms with Crippen molar-refractivity contribution < 1.29 is 14.3 Å². The molecule has 6 nitrogen and oxygen atoms in total. The van der Waals surface area contributed by atoms with Crippen molar-refractivity contribution in [1.82, 2.24) is 10.3 Å². The number of rotatable bonds is 8. The number of hydrogen-bond acceptors (Lipinski definition) is 5. The Kier molecular flexibility index (Phi) is 7.09. The number of aromatic nitrogens is 1. The van der Waals surface area contributed by atoms with E-state index in [0.717, 1.165) is 17.8 Å². The van der Waals surface area contributed by atoms with Crippen molar-refractivity contribution >= 4 is 23.3 Å². The highest BCUT2D eigenvalue weighted by Crippen LogP contribution is 2.36. The topological polar surface area (TPSA) is 63.7 Å². The first-order chi connectivity index (χ1) is 12.5. The summed E-state index contributed by atoms with van der Waals surface area (Å²) in [6.07, 6.45) is 2.59. The van der Waals surface area contributed by atoms with Crippen LogP contribution < -0.4 is 19.7 Å². The molecule has 0 aliphatic rings. The molecule has 1 aromatic carbocycles. The largest absolute Gasteiger partial charge is 0.493 e. The van der Waals surface area contributed by atoms with Crippen LogP contribution in [-0.4, -0.2) is 38.7 Å².